The van der Waals surface area contributed by atoms with Crippen molar-refractivity contribution in [2.75, 3.05) is 0 Å². The quantitative estimate of drug-likeness (QED) is 0.135. The highest BCUT2D eigenvalue weighted by Crippen LogP contribution is 2.71. The number of hydrogen-bond acceptors (Lipinski definition) is 6. The molecule has 232 valence electrons. The second kappa shape index (κ2) is 11.4. The number of H-pyrrole nitrogens is 1. The SMILES string of the molecule is CC(C)C[C@H](NC(=O)[C@H](Cc1c[nH]c2ccccc12)NC(=O)c1cccc(C(=O)NO)c1)B1OC2[C@@H]3C(C[C@]2(C)O1)C3(C)C. The molecular weight excluding hydrogens is 559 g/mol. The van der Waals surface area contributed by atoms with Gasteiger partial charge in [0, 0.05) is 34.6 Å². The van der Waals surface area contributed by atoms with Crippen molar-refractivity contribution in [1.82, 2.24) is 21.1 Å². The Morgan fingerprint density at radius 3 is 2.50 bits per heavy atom. The second-order valence-corrected chi connectivity index (χ2v) is 13.9. The van der Waals surface area contributed by atoms with Crippen LogP contribution < -0.4 is 16.1 Å². The number of rotatable bonds is 10. The zero-order valence-corrected chi connectivity index (χ0v) is 25.8. The summed E-state index contributed by atoms with van der Waals surface area (Å²) >= 11 is 0. The molecule has 2 heterocycles. The molecule has 3 aliphatic rings. The summed E-state index contributed by atoms with van der Waals surface area (Å²) in [5.41, 5.74) is 3.56. The normalized spacial score (nSPS) is 26.2. The van der Waals surface area contributed by atoms with Gasteiger partial charge in [0.2, 0.25) is 5.91 Å². The van der Waals surface area contributed by atoms with Crippen LogP contribution in [0.5, 0.6) is 0 Å². The summed E-state index contributed by atoms with van der Waals surface area (Å²) in [5, 5.41) is 16.1. The van der Waals surface area contributed by atoms with Crippen LogP contribution in [0.15, 0.2) is 54.7 Å². The van der Waals surface area contributed by atoms with E-state index in [1.54, 1.807) is 17.6 Å². The van der Waals surface area contributed by atoms with E-state index in [4.69, 9.17) is 14.5 Å². The van der Waals surface area contributed by atoms with Crippen molar-refractivity contribution in [3.63, 3.8) is 0 Å². The number of carbonyl (C=O) groups is 3. The molecule has 44 heavy (non-hydrogen) atoms. The lowest BCUT2D eigenvalue weighted by atomic mass is 9.73. The highest BCUT2D eigenvalue weighted by molar-refractivity contribution is 6.48. The minimum Gasteiger partial charge on any atom is -0.404 e. The number of benzene rings is 2. The first-order valence-electron chi connectivity index (χ1n) is 15.5. The molecule has 1 saturated heterocycles. The van der Waals surface area contributed by atoms with Crippen LogP contribution in [0.25, 0.3) is 10.9 Å². The maximum absolute atomic E-state index is 14.1. The van der Waals surface area contributed by atoms with Crippen molar-refractivity contribution in [3.8, 4) is 0 Å². The predicted molar refractivity (Wildman–Crippen MR) is 166 cm³/mol. The second-order valence-electron chi connectivity index (χ2n) is 13.9. The van der Waals surface area contributed by atoms with E-state index in [0.717, 1.165) is 22.9 Å². The third-order valence-corrected chi connectivity index (χ3v) is 9.95. The molecule has 3 amide bonds. The van der Waals surface area contributed by atoms with Gasteiger partial charge in [0.25, 0.3) is 11.8 Å². The average Bonchev–Trinajstić information content (AvgIpc) is 3.37. The maximum atomic E-state index is 14.1. The summed E-state index contributed by atoms with van der Waals surface area (Å²) in [6.45, 7) is 10.9. The zero-order valence-electron chi connectivity index (χ0n) is 25.8. The third kappa shape index (κ3) is 5.53. The molecule has 1 aliphatic heterocycles. The topological polar surface area (TPSA) is 142 Å². The fraction of sp³-hybridized carbons (Fsp3) is 0.485. The van der Waals surface area contributed by atoms with Gasteiger partial charge in [-0.3, -0.25) is 19.6 Å². The number of hydroxylamine groups is 1. The van der Waals surface area contributed by atoms with Gasteiger partial charge in [0.1, 0.15) is 6.04 Å². The number of carbonyl (C=O) groups excluding carboxylic acids is 3. The van der Waals surface area contributed by atoms with E-state index in [-0.39, 0.29) is 46.5 Å². The lowest BCUT2D eigenvalue weighted by molar-refractivity contribution is -0.123. The molecule has 5 N–H and O–H groups in total. The average molecular weight is 601 g/mol. The molecule has 2 unspecified atom stereocenters. The number of hydrogen-bond donors (Lipinski definition) is 5. The molecule has 2 aliphatic carbocycles. The molecule has 2 aromatic carbocycles. The Morgan fingerprint density at radius 2 is 1.77 bits per heavy atom. The van der Waals surface area contributed by atoms with Crippen molar-refractivity contribution in [3.05, 3.63) is 71.4 Å². The number of aromatic nitrogens is 1. The standard InChI is InChI=1S/C33H41BN4O6/c1-18(2)13-26(34-43-28-27-23(32(27,3)4)16-33(28,5)44-34)37-31(41)25(15-21-17-35-24-12-7-6-11-22(21)24)36-29(39)19-9-8-10-20(14-19)30(40)38-42/h6-12,14,17-18,23,25-28,35,42H,13,15-16H2,1-5H3,(H,36,39)(H,37,41)(H,38,40)/t23?,25-,26-,27-,28?,33-/m0/s1. The zero-order chi connectivity index (χ0) is 31.4. The van der Waals surface area contributed by atoms with Crippen molar-refractivity contribution in [2.24, 2.45) is 23.2 Å². The number of amides is 3. The molecular formula is C33H41BN4O6. The monoisotopic (exact) mass is 600 g/mol. The summed E-state index contributed by atoms with van der Waals surface area (Å²) in [4.78, 5) is 42.8. The molecule has 1 aromatic heterocycles. The summed E-state index contributed by atoms with van der Waals surface area (Å²) in [6, 6.07) is 12.8. The van der Waals surface area contributed by atoms with Gasteiger partial charge < -0.3 is 24.9 Å². The molecule has 6 atom stereocenters. The largest absolute Gasteiger partial charge is 0.481 e. The molecule has 2 saturated carbocycles. The van der Waals surface area contributed by atoms with Gasteiger partial charge in [-0.2, -0.15) is 0 Å². The highest BCUT2D eigenvalue weighted by Gasteiger charge is 2.74. The number of para-hydroxylation sites is 1. The molecule has 10 nitrogen and oxygen atoms in total. The minimum atomic E-state index is -0.935. The Bertz CT molecular complexity index is 1590. The number of nitrogens with one attached hydrogen (secondary N) is 4. The molecule has 3 fully saturated rings. The number of fused-ring (bicyclic) bond motifs is 4. The van der Waals surface area contributed by atoms with Crippen LogP contribution in [0.4, 0.5) is 0 Å². The van der Waals surface area contributed by atoms with E-state index < -0.39 is 30.9 Å². The first kappa shape index (κ1) is 30.4. The van der Waals surface area contributed by atoms with Gasteiger partial charge in [-0.1, -0.05) is 52.0 Å². The van der Waals surface area contributed by atoms with Gasteiger partial charge in [-0.05, 0) is 72.8 Å². The van der Waals surface area contributed by atoms with Crippen LogP contribution in [-0.2, 0) is 20.5 Å². The highest BCUT2D eigenvalue weighted by atomic mass is 16.7. The van der Waals surface area contributed by atoms with Crippen molar-refractivity contribution >= 4 is 35.7 Å². The Labute approximate surface area is 257 Å². The molecule has 3 aromatic rings. The van der Waals surface area contributed by atoms with Crippen LogP contribution in [0, 0.1) is 23.2 Å². The van der Waals surface area contributed by atoms with Crippen LogP contribution >= 0.6 is 0 Å². The molecule has 6 rings (SSSR count). The van der Waals surface area contributed by atoms with Crippen LogP contribution in [0.1, 0.15) is 73.7 Å². The first-order chi connectivity index (χ1) is 20.9. The molecule has 0 bridgehead atoms. The Kier molecular flexibility index (Phi) is 7.84. The van der Waals surface area contributed by atoms with E-state index in [1.807, 2.05) is 30.5 Å². The smallest absolute Gasteiger partial charge is 0.404 e. The van der Waals surface area contributed by atoms with Gasteiger partial charge in [-0.25, -0.2) is 5.48 Å². The fourth-order valence-electron chi connectivity index (χ4n) is 7.54. The maximum Gasteiger partial charge on any atom is 0.481 e. The van der Waals surface area contributed by atoms with Gasteiger partial charge in [-0.15, -0.1) is 0 Å². The first-order valence-corrected chi connectivity index (χ1v) is 15.5. The van der Waals surface area contributed by atoms with Crippen molar-refractivity contribution < 1.29 is 28.9 Å². The fourth-order valence-corrected chi connectivity index (χ4v) is 7.54. The van der Waals surface area contributed by atoms with Crippen molar-refractivity contribution in [1.29, 1.82) is 0 Å². The molecule has 11 heteroatoms. The Balaban J connectivity index is 1.24. The lowest BCUT2D eigenvalue weighted by Gasteiger charge is -2.29. The Hall–Kier alpha value is -3.67. The van der Waals surface area contributed by atoms with Crippen LogP contribution in [0.2, 0.25) is 0 Å². The van der Waals surface area contributed by atoms with Gasteiger partial charge in [0.15, 0.2) is 0 Å². The van der Waals surface area contributed by atoms with Crippen molar-refractivity contribution in [2.45, 2.75) is 77.6 Å². The lowest BCUT2D eigenvalue weighted by Crippen LogP contribution is -2.55. The number of aromatic amines is 1. The van der Waals surface area contributed by atoms with Crippen LogP contribution in [0.3, 0.4) is 0 Å². The summed E-state index contributed by atoms with van der Waals surface area (Å²) in [5.74, 6) is -0.718. The van der Waals surface area contributed by atoms with E-state index in [0.29, 0.717) is 18.3 Å². The van der Waals surface area contributed by atoms with Gasteiger partial charge in [0.05, 0.1) is 17.6 Å². The summed E-state index contributed by atoms with van der Waals surface area (Å²) < 4.78 is 13.2. The Morgan fingerprint density at radius 1 is 1.05 bits per heavy atom. The van der Waals surface area contributed by atoms with Gasteiger partial charge >= 0.3 is 7.12 Å². The molecule has 0 spiro atoms. The third-order valence-electron chi connectivity index (χ3n) is 9.95. The molecule has 0 radical (unpaired) electrons. The van der Waals surface area contributed by atoms with E-state index in [2.05, 4.69) is 50.2 Å². The van der Waals surface area contributed by atoms with E-state index >= 15 is 0 Å². The summed E-state index contributed by atoms with van der Waals surface area (Å²) in [6.07, 6.45) is 3.67. The van der Waals surface area contributed by atoms with E-state index in [9.17, 15) is 14.4 Å². The van der Waals surface area contributed by atoms with Crippen LogP contribution in [-0.4, -0.2) is 58.7 Å². The van der Waals surface area contributed by atoms with E-state index in [1.165, 1.54) is 12.1 Å². The predicted octanol–water partition coefficient (Wildman–Crippen LogP) is 4.04. The minimum absolute atomic E-state index is 0.0100. The summed E-state index contributed by atoms with van der Waals surface area (Å²) in [7, 11) is -0.591.